The smallest absolute Gasteiger partial charge is 0.269 e. The van der Waals surface area contributed by atoms with Gasteiger partial charge in [0.2, 0.25) is 0 Å². The zero-order valence-corrected chi connectivity index (χ0v) is 18.2. The molecule has 2 aliphatic rings. The molecule has 4 rings (SSSR count). The van der Waals surface area contributed by atoms with Crippen LogP contribution in [0.2, 0.25) is 5.02 Å². The van der Waals surface area contributed by atoms with E-state index in [1.54, 1.807) is 30.3 Å². The number of fused-ring (bicyclic) bond motifs is 1. The van der Waals surface area contributed by atoms with Gasteiger partial charge >= 0.3 is 0 Å². The molecular weight excluding hydrogens is 424 g/mol. The third-order valence-electron chi connectivity index (χ3n) is 6.06. The lowest BCUT2D eigenvalue weighted by atomic mass is 9.84. The minimum Gasteiger partial charge on any atom is -0.385 e. The van der Waals surface area contributed by atoms with E-state index in [0.29, 0.717) is 24.3 Å². The summed E-state index contributed by atoms with van der Waals surface area (Å²) in [4.78, 5) is 14.8. The molecule has 2 heterocycles. The molecule has 30 heavy (non-hydrogen) atoms. The molecule has 0 saturated carbocycles. The molecule has 1 N–H and O–H groups in total. The average Bonchev–Trinajstić information content (AvgIpc) is 2.93. The maximum Gasteiger partial charge on any atom is 0.269 e. The molecule has 2 aromatic rings. The third kappa shape index (κ3) is 3.99. The van der Waals surface area contributed by atoms with Crippen LogP contribution >= 0.6 is 11.6 Å². The summed E-state index contributed by atoms with van der Waals surface area (Å²) >= 11 is 5.94. The minimum absolute atomic E-state index is 0.104. The number of halogens is 1. The molecule has 0 aliphatic carbocycles. The van der Waals surface area contributed by atoms with E-state index < -0.39 is 21.5 Å². The first-order valence-electron chi connectivity index (χ1n) is 10.2. The molecule has 8 heteroatoms. The van der Waals surface area contributed by atoms with E-state index >= 15 is 0 Å². The lowest BCUT2D eigenvalue weighted by molar-refractivity contribution is -0.0261. The molecule has 0 bridgehead atoms. The fourth-order valence-electron chi connectivity index (χ4n) is 4.24. The molecular formula is C22H25ClN2O4S. The lowest BCUT2D eigenvalue weighted by Gasteiger charge is -2.38. The second kappa shape index (κ2) is 8.30. The molecule has 2 aromatic carbocycles. The number of piperidine rings is 1. The van der Waals surface area contributed by atoms with Crippen molar-refractivity contribution in [2.75, 3.05) is 26.2 Å². The second-order valence-corrected chi connectivity index (χ2v) is 10.2. The van der Waals surface area contributed by atoms with Gasteiger partial charge in [-0.3, -0.25) is 4.79 Å². The summed E-state index contributed by atoms with van der Waals surface area (Å²) in [5, 5.41) is 11.6. The standard InChI is InChI=1S/C22H25ClN2O4S/c23-18-9-7-17(8-10-18)22(27)11-15-24(16-12-22)13-3-4-14-25-21(26)19-5-1-2-6-20(19)30(25,28)29/h1-2,5-10,27H,3-4,11-16H2. The van der Waals surface area contributed by atoms with Crippen LogP contribution in [0.3, 0.4) is 0 Å². The van der Waals surface area contributed by atoms with Gasteiger partial charge in [-0.15, -0.1) is 0 Å². The minimum atomic E-state index is -3.72. The number of rotatable bonds is 6. The maximum atomic E-state index is 12.6. The van der Waals surface area contributed by atoms with Crippen molar-refractivity contribution in [3.05, 3.63) is 64.7 Å². The first-order chi connectivity index (χ1) is 14.3. The van der Waals surface area contributed by atoms with E-state index in [1.165, 1.54) is 6.07 Å². The van der Waals surface area contributed by atoms with Crippen LogP contribution in [-0.2, 0) is 15.6 Å². The van der Waals surface area contributed by atoms with Gasteiger partial charge in [-0.05, 0) is 62.1 Å². The fourth-order valence-corrected chi connectivity index (χ4v) is 5.97. The zero-order chi connectivity index (χ0) is 21.4. The highest BCUT2D eigenvalue weighted by atomic mass is 35.5. The molecule has 0 radical (unpaired) electrons. The number of hydrogen-bond donors (Lipinski definition) is 1. The Bertz CT molecular complexity index is 1030. The average molecular weight is 449 g/mol. The number of hydrogen-bond acceptors (Lipinski definition) is 5. The van der Waals surface area contributed by atoms with Crippen LogP contribution in [-0.4, -0.2) is 54.8 Å². The summed E-state index contributed by atoms with van der Waals surface area (Å²) in [5.41, 5.74) is 0.321. The molecule has 0 unspecified atom stereocenters. The van der Waals surface area contributed by atoms with Crippen LogP contribution in [0.4, 0.5) is 0 Å². The fraction of sp³-hybridized carbons (Fsp3) is 0.409. The monoisotopic (exact) mass is 448 g/mol. The van der Waals surface area contributed by atoms with Crippen LogP contribution in [0, 0.1) is 0 Å². The van der Waals surface area contributed by atoms with E-state index in [2.05, 4.69) is 4.90 Å². The van der Waals surface area contributed by atoms with Gasteiger partial charge in [-0.1, -0.05) is 35.9 Å². The SMILES string of the molecule is O=C1c2ccccc2S(=O)(=O)N1CCCCN1CCC(O)(c2ccc(Cl)cc2)CC1. The Morgan fingerprint density at radius 1 is 0.967 bits per heavy atom. The summed E-state index contributed by atoms with van der Waals surface area (Å²) in [6.45, 7) is 2.54. The molecule has 2 aliphatic heterocycles. The normalized spacial score (nSPS) is 20.3. The summed E-state index contributed by atoms with van der Waals surface area (Å²) in [5.74, 6) is -0.434. The third-order valence-corrected chi connectivity index (χ3v) is 8.15. The van der Waals surface area contributed by atoms with Gasteiger partial charge in [-0.2, -0.15) is 0 Å². The van der Waals surface area contributed by atoms with Crippen molar-refractivity contribution < 1.29 is 18.3 Å². The number of benzene rings is 2. The van der Waals surface area contributed by atoms with E-state index in [9.17, 15) is 18.3 Å². The number of unbranched alkanes of at least 4 members (excludes halogenated alkanes) is 1. The Balaban J connectivity index is 1.26. The van der Waals surface area contributed by atoms with Crippen molar-refractivity contribution in [1.82, 2.24) is 9.21 Å². The first-order valence-corrected chi connectivity index (χ1v) is 12.0. The van der Waals surface area contributed by atoms with Crippen LogP contribution in [0.25, 0.3) is 0 Å². The van der Waals surface area contributed by atoms with Gasteiger partial charge in [0, 0.05) is 24.7 Å². The van der Waals surface area contributed by atoms with Gasteiger partial charge in [0.1, 0.15) is 4.90 Å². The highest BCUT2D eigenvalue weighted by Gasteiger charge is 2.40. The summed E-state index contributed by atoms with van der Waals surface area (Å²) in [6.07, 6.45) is 2.68. The molecule has 160 valence electrons. The van der Waals surface area contributed by atoms with Gasteiger partial charge in [0.05, 0.1) is 11.2 Å². The molecule has 1 saturated heterocycles. The van der Waals surface area contributed by atoms with E-state index in [1.807, 2.05) is 12.1 Å². The highest BCUT2D eigenvalue weighted by Crippen LogP contribution is 2.34. The number of nitrogens with zero attached hydrogens (tertiary/aromatic N) is 2. The Morgan fingerprint density at radius 3 is 2.27 bits per heavy atom. The maximum absolute atomic E-state index is 12.6. The number of carbonyl (C=O) groups excluding carboxylic acids is 1. The van der Waals surface area contributed by atoms with Crippen LogP contribution in [0.5, 0.6) is 0 Å². The first kappa shape index (κ1) is 21.3. The lowest BCUT2D eigenvalue weighted by Crippen LogP contribution is -2.43. The van der Waals surface area contributed by atoms with E-state index in [4.69, 9.17) is 11.6 Å². The zero-order valence-electron chi connectivity index (χ0n) is 16.6. The Morgan fingerprint density at radius 2 is 1.60 bits per heavy atom. The van der Waals surface area contributed by atoms with Crippen molar-refractivity contribution in [3.63, 3.8) is 0 Å². The number of likely N-dealkylation sites (tertiary alicyclic amines) is 1. The topological polar surface area (TPSA) is 77.9 Å². The van der Waals surface area contributed by atoms with Crippen LogP contribution in [0.15, 0.2) is 53.4 Å². The van der Waals surface area contributed by atoms with Gasteiger partial charge < -0.3 is 10.0 Å². The predicted molar refractivity (Wildman–Crippen MR) is 115 cm³/mol. The molecule has 6 nitrogen and oxygen atoms in total. The summed E-state index contributed by atoms with van der Waals surface area (Å²) in [6, 6.07) is 13.7. The number of amides is 1. The molecule has 0 atom stereocenters. The Kier molecular flexibility index (Phi) is 5.90. The Hall–Kier alpha value is -1.93. The van der Waals surface area contributed by atoms with Crippen LogP contribution in [0.1, 0.15) is 41.6 Å². The van der Waals surface area contributed by atoms with Gasteiger partial charge in [0.15, 0.2) is 0 Å². The van der Waals surface area contributed by atoms with E-state index in [-0.39, 0.29) is 17.0 Å². The predicted octanol–water partition coefficient (Wildman–Crippen LogP) is 3.25. The van der Waals surface area contributed by atoms with Crippen molar-refractivity contribution in [2.24, 2.45) is 0 Å². The molecule has 0 spiro atoms. The molecule has 1 fully saturated rings. The van der Waals surface area contributed by atoms with Gasteiger partial charge in [0.25, 0.3) is 15.9 Å². The second-order valence-electron chi connectivity index (χ2n) is 7.97. The van der Waals surface area contributed by atoms with Crippen molar-refractivity contribution in [2.45, 2.75) is 36.2 Å². The van der Waals surface area contributed by atoms with E-state index in [0.717, 1.165) is 35.9 Å². The van der Waals surface area contributed by atoms with Crippen molar-refractivity contribution >= 4 is 27.5 Å². The number of aliphatic hydroxyl groups is 1. The molecule has 0 aromatic heterocycles. The largest absolute Gasteiger partial charge is 0.385 e. The number of carbonyl (C=O) groups is 1. The highest BCUT2D eigenvalue weighted by molar-refractivity contribution is 7.90. The molecule has 1 amide bonds. The van der Waals surface area contributed by atoms with Crippen LogP contribution < -0.4 is 0 Å². The van der Waals surface area contributed by atoms with Gasteiger partial charge in [-0.25, -0.2) is 12.7 Å². The summed E-state index contributed by atoms with van der Waals surface area (Å²) in [7, 11) is -3.72. The quantitative estimate of drug-likeness (QED) is 0.686. The van der Waals surface area contributed by atoms with Crippen molar-refractivity contribution in [1.29, 1.82) is 0 Å². The van der Waals surface area contributed by atoms with Crippen molar-refractivity contribution in [3.8, 4) is 0 Å². The number of sulfonamides is 1. The summed E-state index contributed by atoms with van der Waals surface area (Å²) < 4.78 is 26.1. The Labute approximate surface area is 182 Å².